The highest BCUT2D eigenvalue weighted by Crippen LogP contribution is 2.14. The van der Waals surface area contributed by atoms with Gasteiger partial charge in [-0.05, 0) is 77.5 Å². The normalized spacial score (nSPS) is 14.9. The molecule has 1 aromatic carbocycles. The SMILES string of the molecule is C[C@@H](CCCC(C)(C)O)N[C@@H](C)CCc1ccc(O)cc1. The molecular formula is C18H31NO2. The van der Waals surface area contributed by atoms with E-state index in [-0.39, 0.29) is 0 Å². The van der Waals surface area contributed by atoms with Crippen molar-refractivity contribution in [2.45, 2.75) is 77.5 Å². The van der Waals surface area contributed by atoms with Crippen LogP contribution in [0.25, 0.3) is 0 Å². The molecule has 1 aromatic rings. The molecule has 0 unspecified atom stereocenters. The maximum atomic E-state index is 9.70. The van der Waals surface area contributed by atoms with Gasteiger partial charge in [0.05, 0.1) is 5.60 Å². The van der Waals surface area contributed by atoms with Crippen molar-refractivity contribution < 1.29 is 10.2 Å². The fraction of sp³-hybridized carbons (Fsp3) is 0.667. The van der Waals surface area contributed by atoms with Crippen molar-refractivity contribution in [2.75, 3.05) is 0 Å². The summed E-state index contributed by atoms with van der Waals surface area (Å²) >= 11 is 0. The molecule has 21 heavy (non-hydrogen) atoms. The van der Waals surface area contributed by atoms with Crippen molar-refractivity contribution in [1.82, 2.24) is 5.32 Å². The fourth-order valence-electron chi connectivity index (χ4n) is 2.54. The Morgan fingerprint density at radius 1 is 1.05 bits per heavy atom. The van der Waals surface area contributed by atoms with Gasteiger partial charge in [0.2, 0.25) is 0 Å². The van der Waals surface area contributed by atoms with E-state index in [1.807, 2.05) is 26.0 Å². The molecule has 0 aliphatic heterocycles. The molecule has 0 saturated heterocycles. The highest BCUT2D eigenvalue weighted by Gasteiger charge is 2.13. The van der Waals surface area contributed by atoms with Gasteiger partial charge in [0, 0.05) is 12.1 Å². The molecule has 3 nitrogen and oxygen atoms in total. The van der Waals surface area contributed by atoms with Gasteiger partial charge in [0.1, 0.15) is 5.75 Å². The highest BCUT2D eigenvalue weighted by molar-refractivity contribution is 5.25. The molecule has 120 valence electrons. The van der Waals surface area contributed by atoms with Crippen LogP contribution < -0.4 is 5.32 Å². The maximum absolute atomic E-state index is 9.70. The number of hydrogen-bond acceptors (Lipinski definition) is 3. The molecule has 0 aromatic heterocycles. The number of hydrogen-bond donors (Lipinski definition) is 3. The molecule has 0 radical (unpaired) electrons. The molecule has 0 spiro atoms. The van der Waals surface area contributed by atoms with Gasteiger partial charge in [-0.3, -0.25) is 0 Å². The molecule has 0 amide bonds. The lowest BCUT2D eigenvalue weighted by molar-refractivity contribution is 0.0674. The van der Waals surface area contributed by atoms with Crippen LogP contribution in [-0.4, -0.2) is 27.9 Å². The second kappa shape index (κ2) is 8.40. The summed E-state index contributed by atoms with van der Waals surface area (Å²) in [4.78, 5) is 0. The molecule has 0 heterocycles. The smallest absolute Gasteiger partial charge is 0.115 e. The Bertz CT molecular complexity index is 395. The summed E-state index contributed by atoms with van der Waals surface area (Å²) in [7, 11) is 0. The van der Waals surface area contributed by atoms with Crippen LogP contribution in [0.2, 0.25) is 0 Å². The van der Waals surface area contributed by atoms with E-state index < -0.39 is 5.60 Å². The van der Waals surface area contributed by atoms with E-state index in [1.165, 1.54) is 5.56 Å². The Morgan fingerprint density at radius 3 is 2.19 bits per heavy atom. The Hall–Kier alpha value is -1.06. The molecule has 2 atom stereocenters. The molecule has 0 aliphatic carbocycles. The van der Waals surface area contributed by atoms with Gasteiger partial charge in [-0.1, -0.05) is 12.1 Å². The van der Waals surface area contributed by atoms with E-state index in [0.717, 1.165) is 32.1 Å². The van der Waals surface area contributed by atoms with Crippen molar-refractivity contribution in [3.05, 3.63) is 29.8 Å². The molecule has 0 aliphatic rings. The second-order valence-corrected chi connectivity index (χ2v) is 6.88. The quantitative estimate of drug-likeness (QED) is 0.651. The van der Waals surface area contributed by atoms with E-state index in [2.05, 4.69) is 19.2 Å². The molecule has 3 heteroatoms. The van der Waals surface area contributed by atoms with E-state index in [0.29, 0.717) is 17.8 Å². The fourth-order valence-corrected chi connectivity index (χ4v) is 2.54. The van der Waals surface area contributed by atoms with Crippen molar-refractivity contribution in [3.8, 4) is 5.75 Å². The minimum absolute atomic E-state index is 0.324. The van der Waals surface area contributed by atoms with Gasteiger partial charge < -0.3 is 15.5 Å². The number of rotatable bonds is 9. The molecule has 0 saturated carbocycles. The number of phenols is 1. The summed E-state index contributed by atoms with van der Waals surface area (Å²) in [5, 5.41) is 22.6. The Morgan fingerprint density at radius 2 is 1.62 bits per heavy atom. The summed E-state index contributed by atoms with van der Waals surface area (Å²) in [6, 6.07) is 8.39. The van der Waals surface area contributed by atoms with Crippen LogP contribution in [-0.2, 0) is 6.42 Å². The van der Waals surface area contributed by atoms with Gasteiger partial charge in [-0.2, -0.15) is 0 Å². The number of benzene rings is 1. The van der Waals surface area contributed by atoms with Crippen LogP contribution in [0.5, 0.6) is 5.75 Å². The summed E-state index contributed by atoms with van der Waals surface area (Å²) in [5.41, 5.74) is 0.709. The number of aliphatic hydroxyl groups is 1. The van der Waals surface area contributed by atoms with Gasteiger partial charge in [0.25, 0.3) is 0 Å². The number of nitrogens with one attached hydrogen (secondary N) is 1. The average molecular weight is 293 g/mol. The first-order chi connectivity index (χ1) is 9.76. The summed E-state index contributed by atoms with van der Waals surface area (Å²) in [5.74, 6) is 0.324. The lowest BCUT2D eigenvalue weighted by atomic mass is 9.99. The van der Waals surface area contributed by atoms with Crippen LogP contribution in [0.4, 0.5) is 0 Å². The van der Waals surface area contributed by atoms with Crippen molar-refractivity contribution >= 4 is 0 Å². The molecule has 0 fully saturated rings. The van der Waals surface area contributed by atoms with Gasteiger partial charge in [-0.25, -0.2) is 0 Å². The number of aryl methyl sites for hydroxylation is 1. The van der Waals surface area contributed by atoms with E-state index >= 15 is 0 Å². The van der Waals surface area contributed by atoms with Gasteiger partial charge in [0.15, 0.2) is 0 Å². The predicted octanol–water partition coefficient (Wildman–Crippen LogP) is 3.63. The van der Waals surface area contributed by atoms with E-state index in [9.17, 15) is 10.2 Å². The van der Waals surface area contributed by atoms with E-state index in [1.54, 1.807) is 12.1 Å². The second-order valence-electron chi connectivity index (χ2n) is 6.88. The first kappa shape index (κ1) is 18.0. The standard InChI is InChI=1S/C18H31NO2/c1-14(6-5-13-18(3,4)21)19-15(2)7-8-16-9-11-17(20)12-10-16/h9-12,14-15,19-21H,5-8,13H2,1-4H3/t14-,15-/m0/s1. The third-order valence-electron chi connectivity index (χ3n) is 3.80. The largest absolute Gasteiger partial charge is 0.508 e. The van der Waals surface area contributed by atoms with Crippen LogP contribution in [0, 0.1) is 0 Å². The summed E-state index contributed by atoms with van der Waals surface area (Å²) < 4.78 is 0. The highest BCUT2D eigenvalue weighted by atomic mass is 16.3. The van der Waals surface area contributed by atoms with Crippen molar-refractivity contribution in [2.24, 2.45) is 0 Å². The van der Waals surface area contributed by atoms with Gasteiger partial charge in [-0.15, -0.1) is 0 Å². The van der Waals surface area contributed by atoms with Crippen LogP contribution in [0.1, 0.15) is 58.9 Å². The molecule has 1 rings (SSSR count). The molecule has 3 N–H and O–H groups in total. The van der Waals surface area contributed by atoms with E-state index in [4.69, 9.17) is 0 Å². The Kier molecular flexibility index (Phi) is 7.20. The Labute approximate surface area is 129 Å². The topological polar surface area (TPSA) is 52.5 Å². The van der Waals surface area contributed by atoms with Crippen molar-refractivity contribution in [3.63, 3.8) is 0 Å². The number of aromatic hydroxyl groups is 1. The van der Waals surface area contributed by atoms with Crippen LogP contribution in [0.3, 0.4) is 0 Å². The average Bonchev–Trinajstić information content (AvgIpc) is 2.36. The third kappa shape index (κ3) is 8.74. The zero-order chi connectivity index (χ0) is 15.9. The summed E-state index contributed by atoms with van der Waals surface area (Å²) in [6.45, 7) is 8.16. The first-order valence-corrected chi connectivity index (χ1v) is 8.02. The zero-order valence-electron chi connectivity index (χ0n) is 13.9. The maximum Gasteiger partial charge on any atom is 0.115 e. The Balaban J connectivity index is 2.20. The molecular weight excluding hydrogens is 262 g/mol. The lowest BCUT2D eigenvalue weighted by Crippen LogP contribution is -2.35. The monoisotopic (exact) mass is 293 g/mol. The minimum atomic E-state index is -0.551. The van der Waals surface area contributed by atoms with Gasteiger partial charge >= 0.3 is 0 Å². The third-order valence-corrected chi connectivity index (χ3v) is 3.80. The minimum Gasteiger partial charge on any atom is -0.508 e. The van der Waals surface area contributed by atoms with Crippen molar-refractivity contribution in [1.29, 1.82) is 0 Å². The zero-order valence-corrected chi connectivity index (χ0v) is 13.9. The molecule has 0 bridgehead atoms. The van der Waals surface area contributed by atoms with Crippen LogP contribution >= 0.6 is 0 Å². The van der Waals surface area contributed by atoms with Crippen LogP contribution in [0.15, 0.2) is 24.3 Å². The first-order valence-electron chi connectivity index (χ1n) is 8.02. The summed E-state index contributed by atoms with van der Waals surface area (Å²) in [6.07, 6.45) is 5.09. The predicted molar refractivity (Wildman–Crippen MR) is 88.6 cm³/mol. The lowest BCUT2D eigenvalue weighted by Gasteiger charge is -2.22. The number of phenolic OH excluding ortho intramolecular Hbond substituents is 1.